The monoisotopic (exact) mass is 295 g/mol. The van der Waals surface area contributed by atoms with Crippen LogP contribution >= 0.6 is 0 Å². The van der Waals surface area contributed by atoms with Crippen molar-refractivity contribution in [3.05, 3.63) is 29.8 Å². The zero-order valence-corrected chi connectivity index (χ0v) is 12.7. The zero-order chi connectivity index (χ0) is 14.4. The third-order valence-electron chi connectivity index (χ3n) is 4.96. The van der Waals surface area contributed by atoms with Crippen molar-refractivity contribution < 1.29 is 13.2 Å². The van der Waals surface area contributed by atoms with E-state index in [2.05, 4.69) is 12.2 Å². The van der Waals surface area contributed by atoms with E-state index in [4.69, 9.17) is 4.74 Å². The lowest BCUT2D eigenvalue weighted by molar-refractivity contribution is 0.0527. The Hall–Kier alpha value is -0.910. The summed E-state index contributed by atoms with van der Waals surface area (Å²) in [6.07, 6.45) is 0.977. The smallest absolute Gasteiger partial charge is 0.179 e. The Kier molecular flexibility index (Phi) is 3.39. The molecule has 0 aromatic heterocycles. The molecule has 20 heavy (non-hydrogen) atoms. The van der Waals surface area contributed by atoms with Gasteiger partial charge in [-0.25, -0.2) is 8.42 Å². The van der Waals surface area contributed by atoms with Crippen LogP contribution in [0, 0.1) is 5.41 Å². The molecule has 0 amide bonds. The van der Waals surface area contributed by atoms with E-state index in [0.717, 1.165) is 18.5 Å². The molecule has 3 atom stereocenters. The van der Waals surface area contributed by atoms with E-state index >= 15 is 0 Å². The third-order valence-corrected chi connectivity index (χ3v) is 6.77. The Balaban J connectivity index is 2.11. The van der Waals surface area contributed by atoms with Crippen molar-refractivity contribution in [1.29, 1.82) is 0 Å². The number of nitrogens with one attached hydrogen (secondary N) is 1. The van der Waals surface area contributed by atoms with Gasteiger partial charge in [0.15, 0.2) is 9.84 Å². The van der Waals surface area contributed by atoms with Crippen molar-refractivity contribution >= 4 is 9.84 Å². The van der Waals surface area contributed by atoms with Gasteiger partial charge in [0.1, 0.15) is 0 Å². The summed E-state index contributed by atoms with van der Waals surface area (Å²) in [5.74, 6) is 0.232. The van der Waals surface area contributed by atoms with Crippen LogP contribution in [0.15, 0.2) is 29.2 Å². The summed E-state index contributed by atoms with van der Waals surface area (Å²) in [7, 11) is -1.24. The van der Waals surface area contributed by atoms with Gasteiger partial charge in [0.2, 0.25) is 0 Å². The molecule has 110 valence electrons. The Labute approximate surface area is 120 Å². The average Bonchev–Trinajstić information content (AvgIpc) is 2.91. The van der Waals surface area contributed by atoms with Crippen LogP contribution < -0.4 is 5.32 Å². The van der Waals surface area contributed by atoms with Crippen LogP contribution in [0.4, 0.5) is 0 Å². The molecule has 0 saturated carbocycles. The van der Waals surface area contributed by atoms with E-state index in [1.807, 2.05) is 19.2 Å². The van der Waals surface area contributed by atoms with Crippen LogP contribution in [0.3, 0.4) is 0 Å². The van der Waals surface area contributed by atoms with E-state index in [1.165, 1.54) is 0 Å². The van der Waals surface area contributed by atoms with E-state index in [0.29, 0.717) is 11.5 Å². The second-order valence-corrected chi connectivity index (χ2v) is 7.90. The maximum absolute atomic E-state index is 12.4. The highest BCUT2D eigenvalue weighted by molar-refractivity contribution is 7.91. The molecule has 2 aliphatic heterocycles. The van der Waals surface area contributed by atoms with E-state index in [1.54, 1.807) is 12.1 Å². The van der Waals surface area contributed by atoms with Crippen LogP contribution in [-0.4, -0.2) is 40.5 Å². The van der Waals surface area contributed by atoms with Crippen LogP contribution in [0.25, 0.3) is 0 Å². The summed E-state index contributed by atoms with van der Waals surface area (Å²) in [5, 5.41) is 3.24. The van der Waals surface area contributed by atoms with Gasteiger partial charge >= 0.3 is 0 Å². The molecule has 4 nitrogen and oxygen atoms in total. The van der Waals surface area contributed by atoms with E-state index in [9.17, 15) is 8.42 Å². The normalized spacial score (nSPS) is 35.1. The number of hydrogen-bond acceptors (Lipinski definition) is 4. The molecule has 5 heteroatoms. The fraction of sp³-hybridized carbons (Fsp3) is 0.600. The number of fused-ring (bicyclic) bond motifs is 1. The van der Waals surface area contributed by atoms with Crippen LogP contribution in [0.5, 0.6) is 0 Å². The molecule has 2 aliphatic rings. The van der Waals surface area contributed by atoms with Crippen molar-refractivity contribution in [2.75, 3.05) is 26.0 Å². The maximum Gasteiger partial charge on any atom is 0.179 e. The fourth-order valence-electron chi connectivity index (χ4n) is 3.86. The van der Waals surface area contributed by atoms with Gasteiger partial charge in [0.05, 0.1) is 16.8 Å². The van der Waals surface area contributed by atoms with Gasteiger partial charge < -0.3 is 10.1 Å². The zero-order valence-electron chi connectivity index (χ0n) is 11.9. The lowest BCUT2D eigenvalue weighted by Crippen LogP contribution is -2.44. The van der Waals surface area contributed by atoms with E-state index in [-0.39, 0.29) is 23.2 Å². The average molecular weight is 295 g/mol. The van der Waals surface area contributed by atoms with Crippen molar-refractivity contribution in [2.24, 2.45) is 5.41 Å². The summed E-state index contributed by atoms with van der Waals surface area (Å²) in [6, 6.07) is 7.43. The van der Waals surface area contributed by atoms with Crippen molar-refractivity contribution in [3.63, 3.8) is 0 Å². The number of sulfone groups is 1. The predicted octanol–water partition coefficient (Wildman–Crippen LogP) is 1.57. The standard InChI is InChI=1S/C15H21NO3S/c1-11-15(10-16-2,7-8-19-11)13-9-20(17,18)14-6-4-3-5-12(13)14/h3-6,11,13,16H,7-10H2,1-2H3. The quantitative estimate of drug-likeness (QED) is 0.920. The second kappa shape index (κ2) is 4.83. The highest BCUT2D eigenvalue weighted by Crippen LogP contribution is 2.51. The molecular formula is C15H21NO3S. The molecule has 2 heterocycles. The van der Waals surface area contributed by atoms with Gasteiger partial charge in [-0.1, -0.05) is 18.2 Å². The predicted molar refractivity (Wildman–Crippen MR) is 77.6 cm³/mol. The summed E-state index contributed by atoms with van der Waals surface area (Å²) in [4.78, 5) is 0.513. The Morgan fingerprint density at radius 1 is 1.40 bits per heavy atom. The minimum absolute atomic E-state index is 0.0219. The molecule has 0 spiro atoms. The number of benzene rings is 1. The van der Waals surface area contributed by atoms with Gasteiger partial charge in [0.25, 0.3) is 0 Å². The van der Waals surface area contributed by atoms with Crippen LogP contribution in [0.1, 0.15) is 24.8 Å². The first kappa shape index (κ1) is 14.0. The first-order valence-corrected chi connectivity index (χ1v) is 8.74. The van der Waals surface area contributed by atoms with Gasteiger partial charge in [-0.3, -0.25) is 0 Å². The molecule has 1 aromatic rings. The lowest BCUT2D eigenvalue weighted by Gasteiger charge is -2.38. The minimum Gasteiger partial charge on any atom is -0.378 e. The highest BCUT2D eigenvalue weighted by Gasteiger charge is 2.52. The summed E-state index contributed by atoms with van der Waals surface area (Å²) >= 11 is 0. The first-order valence-electron chi connectivity index (χ1n) is 7.09. The Morgan fingerprint density at radius 3 is 2.80 bits per heavy atom. The van der Waals surface area contributed by atoms with Crippen molar-refractivity contribution in [1.82, 2.24) is 5.32 Å². The van der Waals surface area contributed by atoms with Gasteiger partial charge in [-0.2, -0.15) is 0 Å². The van der Waals surface area contributed by atoms with Gasteiger partial charge in [0, 0.05) is 24.5 Å². The molecule has 3 rings (SSSR count). The number of hydrogen-bond donors (Lipinski definition) is 1. The van der Waals surface area contributed by atoms with Gasteiger partial charge in [-0.15, -0.1) is 0 Å². The topological polar surface area (TPSA) is 55.4 Å². The van der Waals surface area contributed by atoms with Crippen molar-refractivity contribution in [3.8, 4) is 0 Å². The largest absolute Gasteiger partial charge is 0.378 e. The lowest BCUT2D eigenvalue weighted by atomic mass is 9.68. The van der Waals surface area contributed by atoms with Crippen LogP contribution in [-0.2, 0) is 14.6 Å². The molecule has 1 fully saturated rings. The maximum atomic E-state index is 12.4. The Morgan fingerprint density at radius 2 is 2.15 bits per heavy atom. The minimum atomic E-state index is -3.16. The molecule has 0 bridgehead atoms. The summed E-state index contributed by atoms with van der Waals surface area (Å²) in [6.45, 7) is 3.56. The summed E-state index contributed by atoms with van der Waals surface area (Å²) < 4.78 is 30.6. The SMILES string of the molecule is CNCC1(C2CS(=O)(=O)c3ccccc32)CCOC1C. The highest BCUT2D eigenvalue weighted by atomic mass is 32.2. The molecule has 0 aliphatic carbocycles. The molecule has 1 N–H and O–H groups in total. The summed E-state index contributed by atoms with van der Waals surface area (Å²) in [5.41, 5.74) is 0.842. The fourth-order valence-corrected chi connectivity index (χ4v) is 5.85. The molecular weight excluding hydrogens is 274 g/mol. The first-order chi connectivity index (χ1) is 9.51. The second-order valence-electron chi connectivity index (χ2n) is 5.90. The number of ether oxygens (including phenoxy) is 1. The molecule has 3 unspecified atom stereocenters. The molecule has 1 aromatic carbocycles. The van der Waals surface area contributed by atoms with Gasteiger partial charge in [-0.05, 0) is 32.0 Å². The van der Waals surface area contributed by atoms with E-state index < -0.39 is 9.84 Å². The number of rotatable bonds is 3. The van der Waals surface area contributed by atoms with Crippen molar-refractivity contribution in [2.45, 2.75) is 30.3 Å². The Bertz CT molecular complexity index is 613. The molecule has 1 saturated heterocycles. The van der Waals surface area contributed by atoms with Crippen LogP contribution in [0.2, 0.25) is 0 Å². The third kappa shape index (κ3) is 1.91. The molecule has 0 radical (unpaired) electrons.